The van der Waals surface area contributed by atoms with Gasteiger partial charge in [-0.3, -0.25) is 14.9 Å². The summed E-state index contributed by atoms with van der Waals surface area (Å²) in [5.74, 6) is 0.984. The van der Waals surface area contributed by atoms with Gasteiger partial charge in [-0.2, -0.15) is 0 Å². The highest BCUT2D eigenvalue weighted by Gasteiger charge is 2.33. The third-order valence-corrected chi connectivity index (χ3v) is 6.55. The van der Waals surface area contributed by atoms with E-state index in [1.54, 1.807) is 25.3 Å². The highest BCUT2D eigenvalue weighted by Crippen LogP contribution is 2.40. The summed E-state index contributed by atoms with van der Waals surface area (Å²) in [6.45, 7) is 2.11. The summed E-state index contributed by atoms with van der Waals surface area (Å²) in [5, 5.41) is 6.27. The average Bonchev–Trinajstić information content (AvgIpc) is 3.49. The highest BCUT2D eigenvalue weighted by atomic mass is 32.1. The minimum absolute atomic E-state index is 0.134. The molecule has 8 nitrogen and oxygen atoms in total. The van der Waals surface area contributed by atoms with E-state index in [4.69, 9.17) is 14.2 Å². The molecule has 32 heavy (non-hydrogen) atoms. The molecule has 0 saturated carbocycles. The van der Waals surface area contributed by atoms with Crippen molar-refractivity contribution in [3.05, 3.63) is 58.1 Å². The fourth-order valence-corrected chi connectivity index (χ4v) is 4.90. The molecule has 3 aromatic rings. The summed E-state index contributed by atoms with van der Waals surface area (Å²) in [5.41, 5.74) is 2.85. The van der Waals surface area contributed by atoms with E-state index in [2.05, 4.69) is 15.6 Å². The van der Waals surface area contributed by atoms with Crippen molar-refractivity contribution < 1.29 is 23.8 Å². The van der Waals surface area contributed by atoms with Crippen molar-refractivity contribution >= 4 is 34.0 Å². The van der Waals surface area contributed by atoms with Crippen molar-refractivity contribution in [1.29, 1.82) is 0 Å². The van der Waals surface area contributed by atoms with Gasteiger partial charge in [-0.15, -0.1) is 11.3 Å². The SMILES string of the molecule is COc1cc(C)ccc1NC(=O)C1CCc2sc(NC(=O)c3ccc4c(c3)OCO4)nc21. The molecule has 5 rings (SSSR count). The van der Waals surface area contributed by atoms with Gasteiger partial charge in [0.1, 0.15) is 5.75 Å². The van der Waals surface area contributed by atoms with E-state index in [0.717, 1.165) is 22.6 Å². The van der Waals surface area contributed by atoms with E-state index in [-0.39, 0.29) is 24.5 Å². The Morgan fingerprint density at radius 1 is 1.12 bits per heavy atom. The number of hydrogen-bond acceptors (Lipinski definition) is 7. The number of aryl methyl sites for hydroxylation is 2. The van der Waals surface area contributed by atoms with Crippen LogP contribution in [0.25, 0.3) is 0 Å². The summed E-state index contributed by atoms with van der Waals surface area (Å²) in [7, 11) is 1.58. The summed E-state index contributed by atoms with van der Waals surface area (Å²) in [6.07, 6.45) is 1.43. The third kappa shape index (κ3) is 3.75. The van der Waals surface area contributed by atoms with Gasteiger partial charge < -0.3 is 19.5 Å². The Bertz CT molecular complexity index is 1220. The molecule has 1 atom stereocenters. The number of carbonyl (C=O) groups is 2. The van der Waals surface area contributed by atoms with Gasteiger partial charge in [-0.25, -0.2) is 4.98 Å². The number of carbonyl (C=O) groups excluding carboxylic acids is 2. The molecule has 2 heterocycles. The van der Waals surface area contributed by atoms with E-state index in [0.29, 0.717) is 40.1 Å². The van der Waals surface area contributed by atoms with Crippen molar-refractivity contribution in [2.45, 2.75) is 25.7 Å². The van der Waals surface area contributed by atoms with Crippen molar-refractivity contribution in [3.8, 4) is 17.2 Å². The van der Waals surface area contributed by atoms with Crippen LogP contribution in [0.4, 0.5) is 10.8 Å². The summed E-state index contributed by atoms with van der Waals surface area (Å²) in [6, 6.07) is 10.7. The lowest BCUT2D eigenvalue weighted by Gasteiger charge is -2.14. The standard InChI is InChI=1S/C23H21N3O5S/c1-12-3-6-15(17(9-12)29-2)24-22(28)14-5-8-19-20(14)25-23(32-19)26-21(27)13-4-7-16-18(10-13)31-11-30-16/h3-4,6-7,9-10,14H,5,8,11H2,1-2H3,(H,24,28)(H,25,26,27). The Hall–Kier alpha value is -3.59. The van der Waals surface area contributed by atoms with Gasteiger partial charge in [0.2, 0.25) is 12.7 Å². The van der Waals surface area contributed by atoms with Crippen molar-refractivity contribution in [3.63, 3.8) is 0 Å². The number of rotatable bonds is 5. The molecule has 0 bridgehead atoms. The Labute approximate surface area is 188 Å². The summed E-state index contributed by atoms with van der Waals surface area (Å²) >= 11 is 1.40. The number of amides is 2. The second-order valence-corrected chi connectivity index (χ2v) is 8.72. The number of benzene rings is 2. The molecule has 1 aliphatic heterocycles. The minimum atomic E-state index is -0.372. The predicted molar refractivity (Wildman–Crippen MR) is 120 cm³/mol. The van der Waals surface area contributed by atoms with Crippen LogP contribution in [0.3, 0.4) is 0 Å². The number of hydrogen-bond donors (Lipinski definition) is 2. The fourth-order valence-electron chi connectivity index (χ4n) is 3.86. The Kier molecular flexibility index (Phi) is 5.18. The van der Waals surface area contributed by atoms with Gasteiger partial charge in [0.25, 0.3) is 5.91 Å². The quantitative estimate of drug-likeness (QED) is 0.606. The zero-order valence-electron chi connectivity index (χ0n) is 17.6. The molecule has 1 unspecified atom stereocenters. The van der Waals surface area contributed by atoms with Crippen LogP contribution in [-0.2, 0) is 11.2 Å². The Morgan fingerprint density at radius 2 is 1.97 bits per heavy atom. The van der Waals surface area contributed by atoms with Crippen LogP contribution in [0, 0.1) is 6.92 Å². The second kappa shape index (κ2) is 8.16. The van der Waals surface area contributed by atoms with Crippen LogP contribution >= 0.6 is 11.3 Å². The Balaban J connectivity index is 1.30. The largest absolute Gasteiger partial charge is 0.495 e. The maximum absolute atomic E-state index is 13.0. The zero-order valence-corrected chi connectivity index (χ0v) is 18.4. The number of thiazole rings is 1. The van der Waals surface area contributed by atoms with Crippen LogP contribution < -0.4 is 24.8 Å². The molecular formula is C23H21N3O5S. The molecule has 9 heteroatoms. The first-order valence-electron chi connectivity index (χ1n) is 10.2. The van der Waals surface area contributed by atoms with Gasteiger partial charge in [-0.05, 0) is 55.7 Å². The van der Waals surface area contributed by atoms with E-state index >= 15 is 0 Å². The van der Waals surface area contributed by atoms with Crippen molar-refractivity contribution in [2.75, 3.05) is 24.5 Å². The molecule has 2 amide bonds. The number of fused-ring (bicyclic) bond motifs is 2. The van der Waals surface area contributed by atoms with Crippen LogP contribution in [0.1, 0.15) is 38.8 Å². The monoisotopic (exact) mass is 451 g/mol. The smallest absolute Gasteiger partial charge is 0.257 e. The fraction of sp³-hybridized carbons (Fsp3) is 0.261. The molecule has 0 spiro atoms. The first-order chi connectivity index (χ1) is 15.5. The predicted octanol–water partition coefficient (Wildman–Crippen LogP) is 4.11. The van der Waals surface area contributed by atoms with Crippen LogP contribution in [0.5, 0.6) is 17.2 Å². The van der Waals surface area contributed by atoms with Crippen LogP contribution in [0.15, 0.2) is 36.4 Å². The van der Waals surface area contributed by atoms with Crippen LogP contribution in [0.2, 0.25) is 0 Å². The zero-order chi connectivity index (χ0) is 22.2. The average molecular weight is 452 g/mol. The number of nitrogens with one attached hydrogen (secondary N) is 2. The number of nitrogens with zero attached hydrogens (tertiary/aromatic N) is 1. The summed E-state index contributed by atoms with van der Waals surface area (Å²) < 4.78 is 16.0. The number of ether oxygens (including phenoxy) is 3. The van der Waals surface area contributed by atoms with Gasteiger partial charge in [0.15, 0.2) is 16.6 Å². The highest BCUT2D eigenvalue weighted by molar-refractivity contribution is 7.16. The maximum Gasteiger partial charge on any atom is 0.257 e. The third-order valence-electron chi connectivity index (χ3n) is 5.50. The van der Waals surface area contributed by atoms with Gasteiger partial charge >= 0.3 is 0 Å². The maximum atomic E-state index is 13.0. The molecule has 2 aliphatic rings. The molecule has 0 saturated heterocycles. The molecule has 164 valence electrons. The molecule has 0 fully saturated rings. The normalized spacial score (nSPS) is 15.9. The first kappa shape index (κ1) is 20.3. The lowest BCUT2D eigenvalue weighted by molar-refractivity contribution is -0.117. The molecule has 1 aliphatic carbocycles. The van der Waals surface area contributed by atoms with Gasteiger partial charge in [0.05, 0.1) is 24.4 Å². The lowest BCUT2D eigenvalue weighted by Crippen LogP contribution is -2.20. The van der Waals surface area contributed by atoms with E-state index in [1.165, 1.54) is 11.3 Å². The Morgan fingerprint density at radius 3 is 2.81 bits per heavy atom. The van der Waals surface area contributed by atoms with Crippen LogP contribution in [-0.4, -0.2) is 30.7 Å². The second-order valence-electron chi connectivity index (χ2n) is 7.63. The number of aromatic nitrogens is 1. The lowest BCUT2D eigenvalue weighted by atomic mass is 10.1. The van der Waals surface area contributed by atoms with Crippen molar-refractivity contribution in [1.82, 2.24) is 4.98 Å². The van der Waals surface area contributed by atoms with E-state index in [9.17, 15) is 9.59 Å². The van der Waals surface area contributed by atoms with Gasteiger partial charge in [-0.1, -0.05) is 6.07 Å². The summed E-state index contributed by atoms with van der Waals surface area (Å²) in [4.78, 5) is 31.2. The molecule has 2 N–H and O–H groups in total. The van der Waals surface area contributed by atoms with Gasteiger partial charge in [0, 0.05) is 10.4 Å². The van der Waals surface area contributed by atoms with E-state index < -0.39 is 0 Å². The molecular weight excluding hydrogens is 430 g/mol. The number of anilines is 2. The topological polar surface area (TPSA) is 98.8 Å². The van der Waals surface area contributed by atoms with Crippen molar-refractivity contribution in [2.24, 2.45) is 0 Å². The minimum Gasteiger partial charge on any atom is -0.495 e. The van der Waals surface area contributed by atoms with E-state index in [1.807, 2.05) is 25.1 Å². The first-order valence-corrected chi connectivity index (χ1v) is 11.0. The number of methoxy groups -OCH3 is 1. The molecule has 0 radical (unpaired) electrons. The molecule has 1 aromatic heterocycles. The molecule has 2 aromatic carbocycles.